The summed E-state index contributed by atoms with van der Waals surface area (Å²) >= 11 is 0. The van der Waals surface area contributed by atoms with Gasteiger partial charge in [0.05, 0.1) is 16.1 Å². The average Bonchev–Trinajstić information content (AvgIpc) is 3.52. The van der Waals surface area contributed by atoms with Gasteiger partial charge in [0.1, 0.15) is 0 Å². The highest BCUT2D eigenvalue weighted by atomic mass is 32.2. The molecule has 0 radical (unpaired) electrons. The van der Waals surface area contributed by atoms with Crippen molar-refractivity contribution >= 4 is 21.6 Å². The van der Waals surface area contributed by atoms with Crippen LogP contribution in [-0.2, 0) is 16.2 Å². The van der Waals surface area contributed by atoms with Crippen molar-refractivity contribution in [3.63, 3.8) is 0 Å². The molecule has 1 aliphatic rings. The van der Waals surface area contributed by atoms with Gasteiger partial charge in [0.15, 0.2) is 0 Å². The highest BCUT2D eigenvalue weighted by molar-refractivity contribution is 7.92. The SMILES string of the molecule is C[C@H](C1CC1)N(c1cccc(C(F)(F)F)c1)S(=O)(=O)c1cccc(C(=O)N(C)C)c1. The van der Waals surface area contributed by atoms with Gasteiger partial charge in [0, 0.05) is 25.7 Å². The van der Waals surface area contributed by atoms with Crippen LogP contribution in [0, 0.1) is 5.92 Å². The number of amides is 1. The number of hydrogen-bond donors (Lipinski definition) is 0. The zero-order chi connectivity index (χ0) is 22.3. The summed E-state index contributed by atoms with van der Waals surface area (Å²) in [6.45, 7) is 1.70. The summed E-state index contributed by atoms with van der Waals surface area (Å²) in [5.41, 5.74) is -0.780. The van der Waals surface area contributed by atoms with Crippen molar-refractivity contribution in [2.75, 3.05) is 18.4 Å². The Balaban J connectivity index is 2.11. The third-order valence-electron chi connectivity index (χ3n) is 5.15. The molecule has 1 atom stereocenters. The minimum atomic E-state index is -4.59. The topological polar surface area (TPSA) is 57.7 Å². The molecule has 162 valence electrons. The molecule has 1 saturated carbocycles. The minimum absolute atomic E-state index is 0.0476. The molecule has 30 heavy (non-hydrogen) atoms. The van der Waals surface area contributed by atoms with E-state index in [0.29, 0.717) is 0 Å². The fourth-order valence-electron chi connectivity index (χ4n) is 3.34. The molecule has 0 aliphatic heterocycles. The molecule has 0 bridgehead atoms. The van der Waals surface area contributed by atoms with Crippen LogP contribution in [0.3, 0.4) is 0 Å². The Morgan fingerprint density at radius 2 is 1.70 bits per heavy atom. The lowest BCUT2D eigenvalue weighted by atomic mass is 10.1. The molecule has 0 N–H and O–H groups in total. The number of alkyl halides is 3. The number of rotatable bonds is 6. The second-order valence-electron chi connectivity index (χ2n) is 7.65. The molecule has 1 aliphatic carbocycles. The van der Waals surface area contributed by atoms with Crippen molar-refractivity contribution in [1.29, 1.82) is 0 Å². The summed E-state index contributed by atoms with van der Waals surface area (Å²) < 4.78 is 67.8. The van der Waals surface area contributed by atoms with E-state index in [-0.39, 0.29) is 28.0 Å². The zero-order valence-corrected chi connectivity index (χ0v) is 17.7. The third kappa shape index (κ3) is 4.45. The first-order chi connectivity index (χ1) is 13.9. The van der Waals surface area contributed by atoms with Gasteiger partial charge in [-0.1, -0.05) is 12.1 Å². The largest absolute Gasteiger partial charge is 0.416 e. The molecule has 0 heterocycles. The maximum Gasteiger partial charge on any atom is 0.416 e. The molecule has 2 aromatic carbocycles. The molecule has 5 nitrogen and oxygen atoms in total. The second kappa shape index (κ2) is 7.94. The van der Waals surface area contributed by atoms with Gasteiger partial charge in [0.2, 0.25) is 0 Å². The normalized spacial score (nSPS) is 15.5. The molecule has 3 rings (SSSR count). The number of nitrogens with zero attached hydrogens (tertiary/aromatic N) is 2. The number of carbonyl (C=O) groups is 1. The Hall–Kier alpha value is -2.55. The van der Waals surface area contributed by atoms with Crippen molar-refractivity contribution in [3.05, 3.63) is 59.7 Å². The average molecular weight is 440 g/mol. The Kier molecular flexibility index (Phi) is 5.86. The summed E-state index contributed by atoms with van der Waals surface area (Å²) in [5.74, 6) is -0.297. The summed E-state index contributed by atoms with van der Waals surface area (Å²) in [5, 5.41) is 0. The van der Waals surface area contributed by atoms with Crippen LogP contribution in [-0.4, -0.2) is 39.4 Å². The van der Waals surface area contributed by atoms with Crippen LogP contribution in [0.2, 0.25) is 0 Å². The maximum absolute atomic E-state index is 13.5. The molecule has 1 fully saturated rings. The number of anilines is 1. The van der Waals surface area contributed by atoms with Crippen LogP contribution >= 0.6 is 0 Å². The van der Waals surface area contributed by atoms with E-state index < -0.39 is 27.8 Å². The Morgan fingerprint density at radius 3 is 2.27 bits per heavy atom. The smallest absolute Gasteiger partial charge is 0.345 e. The highest BCUT2D eigenvalue weighted by Gasteiger charge is 2.40. The van der Waals surface area contributed by atoms with Gasteiger partial charge in [-0.05, 0) is 62.1 Å². The molecule has 0 spiro atoms. The van der Waals surface area contributed by atoms with Crippen LogP contribution in [0.1, 0.15) is 35.7 Å². The fraction of sp³-hybridized carbons (Fsp3) is 0.381. The van der Waals surface area contributed by atoms with Crippen LogP contribution < -0.4 is 4.31 Å². The van der Waals surface area contributed by atoms with Gasteiger partial charge in [0.25, 0.3) is 15.9 Å². The number of carbonyl (C=O) groups excluding carboxylic acids is 1. The molecule has 9 heteroatoms. The zero-order valence-electron chi connectivity index (χ0n) is 16.8. The van der Waals surface area contributed by atoms with Crippen LogP contribution in [0.15, 0.2) is 53.4 Å². The minimum Gasteiger partial charge on any atom is -0.345 e. The van der Waals surface area contributed by atoms with E-state index in [9.17, 15) is 26.4 Å². The number of sulfonamides is 1. The van der Waals surface area contributed by atoms with Crippen molar-refractivity contribution < 1.29 is 26.4 Å². The van der Waals surface area contributed by atoms with E-state index in [1.165, 1.54) is 41.3 Å². The van der Waals surface area contributed by atoms with Crippen molar-refractivity contribution in [2.45, 2.75) is 36.9 Å². The van der Waals surface area contributed by atoms with E-state index in [2.05, 4.69) is 0 Å². The predicted molar refractivity (Wildman–Crippen MR) is 108 cm³/mol. The van der Waals surface area contributed by atoms with E-state index in [0.717, 1.165) is 29.3 Å². The molecule has 0 saturated heterocycles. The first-order valence-corrected chi connectivity index (χ1v) is 10.9. The summed E-state index contributed by atoms with van der Waals surface area (Å²) in [6, 6.07) is 9.37. The van der Waals surface area contributed by atoms with Gasteiger partial charge in [-0.25, -0.2) is 8.42 Å². The van der Waals surface area contributed by atoms with Gasteiger partial charge >= 0.3 is 6.18 Å². The van der Waals surface area contributed by atoms with Gasteiger partial charge < -0.3 is 4.90 Å². The number of hydrogen-bond acceptors (Lipinski definition) is 3. The fourth-order valence-corrected chi connectivity index (χ4v) is 5.10. The molecular formula is C21H23F3N2O3S. The van der Waals surface area contributed by atoms with Gasteiger partial charge in [-0.15, -0.1) is 0 Å². The summed E-state index contributed by atoms with van der Waals surface area (Å²) in [7, 11) is -1.11. The van der Waals surface area contributed by atoms with Crippen LogP contribution in [0.4, 0.5) is 18.9 Å². The Labute approximate surface area is 174 Å². The van der Waals surface area contributed by atoms with Gasteiger partial charge in [-0.3, -0.25) is 9.10 Å². The van der Waals surface area contributed by atoms with Crippen LogP contribution in [0.25, 0.3) is 0 Å². The molecule has 2 aromatic rings. The van der Waals surface area contributed by atoms with E-state index >= 15 is 0 Å². The highest BCUT2D eigenvalue weighted by Crippen LogP contribution is 2.41. The number of halogens is 3. The first-order valence-electron chi connectivity index (χ1n) is 9.46. The van der Waals surface area contributed by atoms with E-state index in [1.807, 2.05) is 0 Å². The second-order valence-corrected chi connectivity index (χ2v) is 9.47. The quantitative estimate of drug-likeness (QED) is 0.669. The lowest BCUT2D eigenvalue weighted by Gasteiger charge is -2.31. The molecular weight excluding hydrogens is 417 g/mol. The lowest BCUT2D eigenvalue weighted by Crippen LogP contribution is -2.40. The standard InChI is InChI=1S/C21H23F3N2O3S/c1-14(15-10-11-15)26(18-8-5-7-17(13-18)21(22,23)24)30(28,29)19-9-4-6-16(12-19)20(27)25(2)3/h4-9,12-15H,10-11H2,1-3H3/t14-/m1/s1. The molecule has 1 amide bonds. The Bertz CT molecular complexity index is 1050. The Morgan fingerprint density at radius 1 is 1.07 bits per heavy atom. The van der Waals surface area contributed by atoms with Crippen molar-refractivity contribution in [1.82, 2.24) is 4.90 Å². The maximum atomic E-state index is 13.5. The third-order valence-corrected chi connectivity index (χ3v) is 7.06. The monoisotopic (exact) mass is 440 g/mol. The van der Waals surface area contributed by atoms with Gasteiger partial charge in [-0.2, -0.15) is 13.2 Å². The van der Waals surface area contributed by atoms with Crippen molar-refractivity contribution in [3.8, 4) is 0 Å². The van der Waals surface area contributed by atoms with Crippen molar-refractivity contribution in [2.24, 2.45) is 5.92 Å². The predicted octanol–water partition coefficient (Wildman–Crippen LogP) is 4.40. The lowest BCUT2D eigenvalue weighted by molar-refractivity contribution is -0.137. The molecule has 0 aromatic heterocycles. The van der Waals surface area contributed by atoms with E-state index in [1.54, 1.807) is 21.0 Å². The first kappa shape index (κ1) is 22.1. The summed E-state index contributed by atoms with van der Waals surface area (Å²) in [4.78, 5) is 13.4. The van der Waals surface area contributed by atoms with Crippen LogP contribution in [0.5, 0.6) is 0 Å². The summed E-state index contributed by atoms with van der Waals surface area (Å²) in [6.07, 6.45) is -2.97. The van der Waals surface area contributed by atoms with E-state index in [4.69, 9.17) is 0 Å². The number of benzene rings is 2. The molecule has 0 unspecified atom stereocenters.